The number of fused-ring (bicyclic) bond motifs is 2. The molecule has 13 heteroatoms. The Hall–Kier alpha value is -4.03. The maximum absolute atomic E-state index is 13.3. The van der Waals surface area contributed by atoms with Gasteiger partial charge in [-0.1, -0.05) is 17.7 Å². The van der Waals surface area contributed by atoms with E-state index in [0.29, 0.717) is 40.2 Å². The average molecular weight is 550 g/mol. The first-order chi connectivity index (χ1) is 19.0. The fourth-order valence-corrected chi connectivity index (χ4v) is 5.41. The smallest absolute Gasteiger partial charge is 0.302 e. The molecule has 3 aromatic heterocycles. The molecule has 2 fully saturated rings. The van der Waals surface area contributed by atoms with Crippen LogP contribution in [-0.2, 0) is 4.79 Å². The van der Waals surface area contributed by atoms with Gasteiger partial charge in [0.15, 0.2) is 16.9 Å². The van der Waals surface area contributed by atoms with Crippen molar-refractivity contribution in [2.24, 2.45) is 0 Å². The number of anilines is 2. The van der Waals surface area contributed by atoms with Gasteiger partial charge in [0.2, 0.25) is 5.91 Å². The molecule has 0 spiro atoms. The second-order valence-corrected chi connectivity index (χ2v) is 10.3. The van der Waals surface area contributed by atoms with E-state index < -0.39 is 5.91 Å². The lowest BCUT2D eigenvalue weighted by Gasteiger charge is -2.32. The van der Waals surface area contributed by atoms with Crippen LogP contribution >= 0.6 is 11.6 Å². The summed E-state index contributed by atoms with van der Waals surface area (Å²) in [6.45, 7) is 4.06. The van der Waals surface area contributed by atoms with Crippen LogP contribution in [0.5, 0.6) is 0 Å². The van der Waals surface area contributed by atoms with Gasteiger partial charge in [0, 0.05) is 30.7 Å². The van der Waals surface area contributed by atoms with E-state index in [2.05, 4.69) is 30.3 Å². The zero-order valence-corrected chi connectivity index (χ0v) is 22.0. The van der Waals surface area contributed by atoms with Crippen LogP contribution in [-0.4, -0.2) is 79.1 Å². The maximum atomic E-state index is 13.3. The number of halogens is 1. The van der Waals surface area contributed by atoms with E-state index in [4.69, 9.17) is 21.8 Å². The molecule has 2 aliphatic heterocycles. The number of likely N-dealkylation sites (tertiary alicyclic amines) is 2. The molecule has 0 saturated carbocycles. The van der Waals surface area contributed by atoms with E-state index in [-0.39, 0.29) is 29.5 Å². The lowest BCUT2D eigenvalue weighted by Crippen LogP contribution is -2.40. The molecule has 202 valence electrons. The number of nitrogens with two attached hydrogens (primary N) is 1. The van der Waals surface area contributed by atoms with Crippen molar-refractivity contribution in [2.45, 2.75) is 31.7 Å². The Balaban J connectivity index is 1.23. The number of oxazole rings is 1. The number of benzene rings is 1. The van der Waals surface area contributed by atoms with E-state index in [1.165, 1.54) is 19.2 Å². The number of hydrogen-bond acceptors (Lipinski definition) is 9. The molecular formula is C26H28ClN9O3. The first kappa shape index (κ1) is 25.3. The Labute approximate surface area is 228 Å². The Morgan fingerprint density at radius 3 is 2.87 bits per heavy atom. The lowest BCUT2D eigenvalue weighted by atomic mass is 10.1. The van der Waals surface area contributed by atoms with Crippen molar-refractivity contribution >= 4 is 57.4 Å². The van der Waals surface area contributed by atoms with Gasteiger partial charge in [-0.2, -0.15) is 10.1 Å². The van der Waals surface area contributed by atoms with E-state index in [9.17, 15) is 9.59 Å². The molecule has 2 saturated heterocycles. The molecule has 1 aromatic carbocycles. The number of nitrogen functional groups attached to an aromatic ring is 1. The minimum Gasteiger partial charge on any atom is -0.423 e. The van der Waals surface area contributed by atoms with Crippen molar-refractivity contribution in [1.82, 2.24) is 34.5 Å². The van der Waals surface area contributed by atoms with Gasteiger partial charge in [0.05, 0.1) is 11.4 Å². The van der Waals surface area contributed by atoms with Crippen LogP contribution in [0, 0.1) is 0 Å². The third kappa shape index (κ3) is 5.17. The van der Waals surface area contributed by atoms with Crippen molar-refractivity contribution in [2.75, 3.05) is 43.8 Å². The average Bonchev–Trinajstić information content (AvgIpc) is 3.67. The fourth-order valence-electron chi connectivity index (χ4n) is 5.25. The number of carbonyl (C=O) groups excluding carboxylic acids is 2. The standard InChI is InChI=1S/C26H28ClN9O3/c27-16-7-8-19-18(13-16)31-26(39-19)32-25(38)22-21-23(28)29-15-30-24(21)36(33-22)17-5-3-12-35(14-17)20(37)6-4-11-34-9-1-2-10-34/h4,6-8,13,15,17H,1-3,5,9-12,14H2,(H2,28,29,30)(H,31,32,38)/b6-4+. The molecule has 2 aliphatic rings. The van der Waals surface area contributed by atoms with Crippen LogP contribution in [0.25, 0.3) is 22.1 Å². The molecule has 6 rings (SSSR count). The van der Waals surface area contributed by atoms with Crippen LogP contribution < -0.4 is 11.1 Å². The largest absolute Gasteiger partial charge is 0.423 e. The molecule has 5 heterocycles. The van der Waals surface area contributed by atoms with Gasteiger partial charge in [-0.05, 0) is 57.0 Å². The number of piperidine rings is 1. The number of amides is 2. The van der Waals surface area contributed by atoms with Crippen LogP contribution in [0.2, 0.25) is 5.02 Å². The molecule has 39 heavy (non-hydrogen) atoms. The number of hydrogen-bond donors (Lipinski definition) is 2. The van der Waals surface area contributed by atoms with Crippen molar-refractivity contribution in [1.29, 1.82) is 0 Å². The summed E-state index contributed by atoms with van der Waals surface area (Å²) in [4.78, 5) is 43.1. The maximum Gasteiger partial charge on any atom is 0.302 e. The third-order valence-electron chi connectivity index (χ3n) is 7.18. The first-order valence-corrected chi connectivity index (χ1v) is 13.4. The van der Waals surface area contributed by atoms with Crippen molar-refractivity contribution < 1.29 is 14.0 Å². The fraction of sp³-hybridized carbons (Fsp3) is 0.385. The van der Waals surface area contributed by atoms with Gasteiger partial charge < -0.3 is 15.1 Å². The van der Waals surface area contributed by atoms with Gasteiger partial charge in [-0.3, -0.25) is 19.8 Å². The Kier molecular flexibility index (Phi) is 6.88. The Morgan fingerprint density at radius 2 is 2.03 bits per heavy atom. The number of nitrogens with one attached hydrogen (secondary N) is 1. The molecule has 4 aromatic rings. The Bertz CT molecular complexity index is 1570. The van der Waals surface area contributed by atoms with Gasteiger partial charge in [-0.15, -0.1) is 0 Å². The van der Waals surface area contributed by atoms with E-state index in [1.807, 2.05) is 11.0 Å². The summed E-state index contributed by atoms with van der Waals surface area (Å²) in [5.41, 5.74) is 7.65. The lowest BCUT2D eigenvalue weighted by molar-refractivity contribution is -0.127. The topological polar surface area (TPSA) is 148 Å². The predicted octanol–water partition coefficient (Wildman–Crippen LogP) is 3.27. The highest BCUT2D eigenvalue weighted by molar-refractivity contribution is 6.31. The van der Waals surface area contributed by atoms with Gasteiger partial charge in [-0.25, -0.2) is 14.6 Å². The molecule has 12 nitrogen and oxygen atoms in total. The third-order valence-corrected chi connectivity index (χ3v) is 7.42. The summed E-state index contributed by atoms with van der Waals surface area (Å²) >= 11 is 6.03. The number of carbonyl (C=O) groups is 2. The summed E-state index contributed by atoms with van der Waals surface area (Å²) in [6.07, 6.45) is 8.94. The van der Waals surface area contributed by atoms with Crippen LogP contribution in [0.1, 0.15) is 42.2 Å². The summed E-state index contributed by atoms with van der Waals surface area (Å²) < 4.78 is 7.32. The zero-order chi connectivity index (χ0) is 26.9. The molecular weight excluding hydrogens is 522 g/mol. The van der Waals surface area contributed by atoms with Crippen molar-refractivity contribution in [3.05, 3.63) is 47.4 Å². The Morgan fingerprint density at radius 1 is 1.18 bits per heavy atom. The molecule has 3 N–H and O–H groups in total. The number of aromatic nitrogens is 5. The minimum absolute atomic E-state index is 0.00513. The summed E-state index contributed by atoms with van der Waals surface area (Å²) in [7, 11) is 0. The van der Waals surface area contributed by atoms with Crippen molar-refractivity contribution in [3.8, 4) is 0 Å². The summed E-state index contributed by atoms with van der Waals surface area (Å²) in [5, 5.41) is 8.11. The first-order valence-electron chi connectivity index (χ1n) is 13.0. The zero-order valence-electron chi connectivity index (χ0n) is 21.2. The molecule has 0 aliphatic carbocycles. The SMILES string of the molecule is Nc1ncnc2c1c(C(=O)Nc1nc3cc(Cl)ccc3o1)nn2C1CCCN(C(=O)/C=C/CN2CCCC2)C1. The predicted molar refractivity (Wildman–Crippen MR) is 146 cm³/mol. The van der Waals surface area contributed by atoms with Gasteiger partial charge >= 0.3 is 6.01 Å². The summed E-state index contributed by atoms with van der Waals surface area (Å²) in [6, 6.07) is 4.82. The molecule has 0 radical (unpaired) electrons. The van der Waals surface area contributed by atoms with Crippen molar-refractivity contribution in [3.63, 3.8) is 0 Å². The second kappa shape index (κ2) is 10.6. The van der Waals surface area contributed by atoms with E-state index >= 15 is 0 Å². The monoisotopic (exact) mass is 549 g/mol. The normalized spacial score (nSPS) is 18.5. The van der Waals surface area contributed by atoms with Crippen LogP contribution in [0.4, 0.5) is 11.8 Å². The van der Waals surface area contributed by atoms with Crippen LogP contribution in [0.15, 0.2) is 41.1 Å². The molecule has 2 amide bonds. The van der Waals surface area contributed by atoms with E-state index in [1.54, 1.807) is 29.0 Å². The minimum atomic E-state index is -0.563. The van der Waals surface area contributed by atoms with Gasteiger partial charge in [0.25, 0.3) is 5.91 Å². The quantitative estimate of drug-likeness (QED) is 0.345. The number of nitrogens with zero attached hydrogens (tertiary/aromatic N) is 7. The summed E-state index contributed by atoms with van der Waals surface area (Å²) in [5.74, 6) is -0.459. The molecule has 0 bridgehead atoms. The van der Waals surface area contributed by atoms with E-state index in [0.717, 1.165) is 32.5 Å². The highest BCUT2D eigenvalue weighted by atomic mass is 35.5. The molecule has 1 unspecified atom stereocenters. The number of rotatable bonds is 6. The van der Waals surface area contributed by atoms with Gasteiger partial charge in [0.1, 0.15) is 17.7 Å². The molecule has 1 atom stereocenters. The van der Waals surface area contributed by atoms with Crippen LogP contribution in [0.3, 0.4) is 0 Å². The second-order valence-electron chi connectivity index (χ2n) is 9.83. The highest BCUT2D eigenvalue weighted by Gasteiger charge is 2.30. The highest BCUT2D eigenvalue weighted by Crippen LogP contribution is 2.30.